The topological polar surface area (TPSA) is 72.2 Å². The zero-order chi connectivity index (χ0) is 17.0. The maximum Gasteiger partial charge on any atom is 0.270 e. The van der Waals surface area contributed by atoms with Crippen LogP contribution in [-0.2, 0) is 0 Å². The molecule has 0 heterocycles. The lowest BCUT2D eigenvalue weighted by Gasteiger charge is -2.18. The Balaban J connectivity index is 2.21. The second-order valence-corrected chi connectivity index (χ2v) is 5.59. The summed E-state index contributed by atoms with van der Waals surface area (Å²) in [6.07, 6.45) is 0.739. The molecule has 5 nitrogen and oxygen atoms in total. The fourth-order valence-electron chi connectivity index (χ4n) is 2.40. The van der Waals surface area contributed by atoms with Gasteiger partial charge in [0.2, 0.25) is 0 Å². The molecule has 0 aliphatic heterocycles. The van der Waals surface area contributed by atoms with Gasteiger partial charge in [-0.2, -0.15) is 0 Å². The summed E-state index contributed by atoms with van der Waals surface area (Å²) in [5.41, 5.74) is 3.62. The quantitative estimate of drug-likeness (QED) is 0.667. The smallest absolute Gasteiger partial charge is 0.270 e. The third-order valence-corrected chi connectivity index (χ3v) is 3.97. The van der Waals surface area contributed by atoms with E-state index in [9.17, 15) is 14.9 Å². The lowest BCUT2D eigenvalue weighted by molar-refractivity contribution is -0.384. The summed E-state index contributed by atoms with van der Waals surface area (Å²) in [5, 5.41) is 13.8. The lowest BCUT2D eigenvalue weighted by Crippen LogP contribution is -2.28. The van der Waals surface area contributed by atoms with E-state index >= 15 is 0 Å². The Labute approximate surface area is 135 Å². The summed E-state index contributed by atoms with van der Waals surface area (Å²) in [4.78, 5) is 22.7. The van der Waals surface area contributed by atoms with Crippen molar-refractivity contribution in [1.82, 2.24) is 5.32 Å². The van der Waals surface area contributed by atoms with Crippen LogP contribution >= 0.6 is 0 Å². The van der Waals surface area contributed by atoms with Crippen LogP contribution in [0.3, 0.4) is 0 Å². The van der Waals surface area contributed by atoms with Gasteiger partial charge in [0.15, 0.2) is 0 Å². The first-order chi connectivity index (χ1) is 10.9. The molecule has 2 aromatic carbocycles. The van der Waals surface area contributed by atoms with Gasteiger partial charge in [-0.15, -0.1) is 0 Å². The second-order valence-electron chi connectivity index (χ2n) is 5.59. The van der Waals surface area contributed by atoms with Gasteiger partial charge < -0.3 is 5.32 Å². The van der Waals surface area contributed by atoms with Crippen molar-refractivity contribution in [3.05, 3.63) is 74.8 Å². The zero-order valence-electron chi connectivity index (χ0n) is 13.5. The Bertz CT molecular complexity index is 741. The highest BCUT2D eigenvalue weighted by Crippen LogP contribution is 2.21. The van der Waals surface area contributed by atoms with E-state index in [0.29, 0.717) is 5.56 Å². The van der Waals surface area contributed by atoms with E-state index in [0.717, 1.165) is 12.0 Å². The van der Waals surface area contributed by atoms with Crippen LogP contribution in [-0.4, -0.2) is 10.8 Å². The Morgan fingerprint density at radius 3 is 2.52 bits per heavy atom. The Morgan fingerprint density at radius 1 is 1.17 bits per heavy atom. The number of nitro benzene ring substituents is 1. The molecule has 0 aliphatic rings. The molecular weight excluding hydrogens is 292 g/mol. The number of nitro groups is 1. The van der Waals surface area contributed by atoms with Crippen molar-refractivity contribution in [3.63, 3.8) is 0 Å². The van der Waals surface area contributed by atoms with E-state index in [1.807, 2.05) is 32.9 Å². The molecule has 0 saturated carbocycles. The van der Waals surface area contributed by atoms with Crippen LogP contribution in [0.4, 0.5) is 5.69 Å². The summed E-state index contributed by atoms with van der Waals surface area (Å²) in [5.74, 6) is -0.307. The lowest BCUT2D eigenvalue weighted by atomic mass is 9.99. The van der Waals surface area contributed by atoms with Crippen molar-refractivity contribution < 1.29 is 9.72 Å². The van der Waals surface area contributed by atoms with Crippen molar-refractivity contribution in [2.75, 3.05) is 0 Å². The largest absolute Gasteiger partial charge is 0.345 e. The molecular formula is C18H20N2O3. The molecule has 1 N–H and O–H groups in total. The number of rotatable bonds is 5. The Morgan fingerprint density at radius 2 is 1.91 bits per heavy atom. The monoisotopic (exact) mass is 312 g/mol. The minimum Gasteiger partial charge on any atom is -0.345 e. The van der Waals surface area contributed by atoms with Crippen molar-refractivity contribution in [1.29, 1.82) is 0 Å². The number of hydrogen-bond acceptors (Lipinski definition) is 3. The number of carbonyl (C=O) groups excluding carboxylic acids is 1. The average Bonchev–Trinajstić information content (AvgIpc) is 2.55. The summed E-state index contributed by atoms with van der Waals surface area (Å²) in [6.45, 7) is 6.07. The van der Waals surface area contributed by atoms with Gasteiger partial charge in [-0.05, 0) is 43.0 Å². The van der Waals surface area contributed by atoms with Gasteiger partial charge in [-0.3, -0.25) is 14.9 Å². The van der Waals surface area contributed by atoms with Crippen LogP contribution in [0.2, 0.25) is 0 Å². The molecule has 0 unspecified atom stereocenters. The summed E-state index contributed by atoms with van der Waals surface area (Å²) in [6, 6.07) is 11.7. The van der Waals surface area contributed by atoms with Crippen LogP contribution in [0.5, 0.6) is 0 Å². The van der Waals surface area contributed by atoms with E-state index in [1.54, 1.807) is 6.07 Å². The van der Waals surface area contributed by atoms with Crippen molar-refractivity contribution >= 4 is 11.6 Å². The SMILES string of the molecule is CC[C@H](NC(=O)c1cccc([N+](=O)[O-])c1)c1ccc(C)c(C)c1. The fourth-order valence-corrected chi connectivity index (χ4v) is 2.40. The molecule has 0 bridgehead atoms. The molecule has 2 aromatic rings. The van der Waals surface area contributed by atoms with Crippen molar-refractivity contribution in [3.8, 4) is 0 Å². The van der Waals surface area contributed by atoms with Gasteiger partial charge in [0.25, 0.3) is 11.6 Å². The first-order valence-electron chi connectivity index (χ1n) is 7.54. The first kappa shape index (κ1) is 16.7. The maximum atomic E-state index is 12.4. The standard InChI is InChI=1S/C18H20N2O3/c1-4-17(14-9-8-12(2)13(3)10-14)19-18(21)15-6-5-7-16(11-15)20(22)23/h5-11,17H,4H2,1-3H3,(H,19,21)/t17-/m0/s1. The minimum absolute atomic E-state index is 0.0862. The van der Waals surface area contributed by atoms with E-state index in [2.05, 4.69) is 11.4 Å². The van der Waals surface area contributed by atoms with E-state index in [-0.39, 0.29) is 17.6 Å². The third kappa shape index (κ3) is 3.94. The Kier molecular flexibility index (Phi) is 5.11. The number of nitrogens with zero attached hydrogens (tertiary/aromatic N) is 1. The predicted octanol–water partition coefficient (Wildman–Crippen LogP) is 4.09. The zero-order valence-corrected chi connectivity index (χ0v) is 13.5. The van der Waals surface area contributed by atoms with Gasteiger partial charge in [0.1, 0.15) is 0 Å². The molecule has 1 amide bonds. The molecule has 120 valence electrons. The number of amides is 1. The van der Waals surface area contributed by atoms with E-state index < -0.39 is 4.92 Å². The number of non-ortho nitro benzene ring substituents is 1. The van der Waals surface area contributed by atoms with Crippen LogP contribution in [0.25, 0.3) is 0 Å². The van der Waals surface area contributed by atoms with Gasteiger partial charge >= 0.3 is 0 Å². The summed E-state index contributed by atoms with van der Waals surface area (Å²) >= 11 is 0. The summed E-state index contributed by atoms with van der Waals surface area (Å²) < 4.78 is 0. The van der Waals surface area contributed by atoms with Gasteiger partial charge in [0.05, 0.1) is 11.0 Å². The Hall–Kier alpha value is -2.69. The number of benzene rings is 2. The number of aryl methyl sites for hydroxylation is 2. The molecule has 0 aromatic heterocycles. The van der Waals surface area contributed by atoms with Crippen LogP contribution in [0.1, 0.15) is 46.4 Å². The highest BCUT2D eigenvalue weighted by atomic mass is 16.6. The average molecular weight is 312 g/mol. The maximum absolute atomic E-state index is 12.4. The molecule has 2 rings (SSSR count). The highest BCUT2D eigenvalue weighted by Gasteiger charge is 2.16. The van der Waals surface area contributed by atoms with Crippen LogP contribution in [0, 0.1) is 24.0 Å². The number of carbonyl (C=O) groups is 1. The van der Waals surface area contributed by atoms with Crippen LogP contribution < -0.4 is 5.32 Å². The molecule has 0 saturated heterocycles. The number of nitrogens with one attached hydrogen (secondary N) is 1. The molecule has 0 radical (unpaired) electrons. The molecule has 0 fully saturated rings. The first-order valence-corrected chi connectivity index (χ1v) is 7.54. The van der Waals surface area contributed by atoms with E-state index in [4.69, 9.17) is 0 Å². The second kappa shape index (κ2) is 7.05. The predicted molar refractivity (Wildman–Crippen MR) is 89.5 cm³/mol. The van der Waals surface area contributed by atoms with Gasteiger partial charge in [-0.1, -0.05) is 31.2 Å². The molecule has 0 spiro atoms. The fraction of sp³-hybridized carbons (Fsp3) is 0.278. The van der Waals surface area contributed by atoms with Crippen molar-refractivity contribution in [2.45, 2.75) is 33.2 Å². The molecule has 23 heavy (non-hydrogen) atoms. The number of hydrogen-bond donors (Lipinski definition) is 1. The van der Waals surface area contributed by atoms with E-state index in [1.165, 1.54) is 29.3 Å². The normalized spacial score (nSPS) is 11.8. The van der Waals surface area contributed by atoms with Crippen LogP contribution in [0.15, 0.2) is 42.5 Å². The van der Waals surface area contributed by atoms with Crippen molar-refractivity contribution in [2.24, 2.45) is 0 Å². The molecule has 5 heteroatoms. The summed E-state index contributed by atoms with van der Waals surface area (Å²) in [7, 11) is 0. The van der Waals surface area contributed by atoms with Gasteiger partial charge in [-0.25, -0.2) is 0 Å². The van der Waals surface area contributed by atoms with Gasteiger partial charge in [0, 0.05) is 17.7 Å². The highest BCUT2D eigenvalue weighted by molar-refractivity contribution is 5.95. The minimum atomic E-state index is -0.503. The molecule has 1 atom stereocenters. The molecule has 0 aliphatic carbocycles. The third-order valence-electron chi connectivity index (χ3n) is 3.97.